The largest absolute Gasteiger partial charge is 0.383 e. The van der Waals surface area contributed by atoms with Crippen LogP contribution in [0.2, 0.25) is 0 Å². The molecule has 0 fully saturated rings. The van der Waals surface area contributed by atoms with Gasteiger partial charge in [0, 0.05) is 24.8 Å². The minimum absolute atomic E-state index is 0.492. The maximum Gasteiger partial charge on any atom is 0.187 e. The number of rotatable bonds is 4. The van der Waals surface area contributed by atoms with Gasteiger partial charge in [0.2, 0.25) is 0 Å². The second kappa shape index (κ2) is 6.68. The molecule has 0 amide bonds. The highest BCUT2D eigenvalue weighted by molar-refractivity contribution is 7.80. The first-order valence-corrected chi connectivity index (χ1v) is 7.51. The van der Waals surface area contributed by atoms with E-state index in [0.717, 1.165) is 16.8 Å². The molecule has 0 aliphatic heterocycles. The van der Waals surface area contributed by atoms with Gasteiger partial charge < -0.3 is 10.1 Å². The molecule has 0 aromatic heterocycles. The molecule has 2 aromatic rings. The van der Waals surface area contributed by atoms with Crippen molar-refractivity contribution in [2.24, 2.45) is 5.10 Å². The Hall–Kier alpha value is -2.24. The highest BCUT2D eigenvalue weighted by Gasteiger charge is 2.23. The smallest absolute Gasteiger partial charge is 0.187 e. The summed E-state index contributed by atoms with van der Waals surface area (Å²) in [5, 5.41) is 8.04. The average Bonchev–Trinajstić information content (AvgIpc) is 2.87. The van der Waals surface area contributed by atoms with Gasteiger partial charge in [-0.3, -0.25) is 5.43 Å². The zero-order valence-corrected chi connectivity index (χ0v) is 13.1. The van der Waals surface area contributed by atoms with Crippen molar-refractivity contribution in [3.8, 4) is 11.1 Å². The molecule has 2 aromatic carbocycles. The predicted molar refractivity (Wildman–Crippen MR) is 93.1 cm³/mol. The summed E-state index contributed by atoms with van der Waals surface area (Å²) in [6, 6.07) is 16.5. The molecule has 1 aliphatic carbocycles. The first-order valence-electron chi connectivity index (χ1n) is 7.11. The molecule has 0 radical (unpaired) electrons. The summed E-state index contributed by atoms with van der Waals surface area (Å²) >= 11 is 5.21. The summed E-state index contributed by atoms with van der Waals surface area (Å²) in [4.78, 5) is 0. The summed E-state index contributed by atoms with van der Waals surface area (Å²) in [6.07, 6.45) is 0. The molecule has 0 spiro atoms. The van der Waals surface area contributed by atoms with Crippen molar-refractivity contribution in [1.29, 1.82) is 0 Å². The highest BCUT2D eigenvalue weighted by atomic mass is 32.1. The summed E-state index contributed by atoms with van der Waals surface area (Å²) < 4.78 is 4.98. The average molecular weight is 311 g/mol. The molecule has 3 rings (SSSR count). The van der Waals surface area contributed by atoms with Gasteiger partial charge in [0.05, 0.1) is 12.3 Å². The van der Waals surface area contributed by atoms with Gasteiger partial charge in [0.1, 0.15) is 0 Å². The van der Waals surface area contributed by atoms with Gasteiger partial charge in [0.25, 0.3) is 0 Å². The lowest BCUT2D eigenvalue weighted by Gasteiger charge is -2.07. The zero-order chi connectivity index (χ0) is 15.4. The first kappa shape index (κ1) is 14.7. The Morgan fingerprint density at radius 1 is 1.00 bits per heavy atom. The van der Waals surface area contributed by atoms with E-state index in [2.05, 4.69) is 40.1 Å². The zero-order valence-electron chi connectivity index (χ0n) is 12.3. The maximum atomic E-state index is 5.21. The Morgan fingerprint density at radius 3 is 2.09 bits per heavy atom. The van der Waals surface area contributed by atoms with E-state index in [9.17, 15) is 0 Å². The van der Waals surface area contributed by atoms with E-state index in [1.54, 1.807) is 7.11 Å². The molecule has 5 heteroatoms. The minimum atomic E-state index is 0.492. The van der Waals surface area contributed by atoms with Gasteiger partial charge in [0.15, 0.2) is 5.11 Å². The lowest BCUT2D eigenvalue weighted by Crippen LogP contribution is -2.34. The van der Waals surface area contributed by atoms with Gasteiger partial charge in [-0.15, -0.1) is 0 Å². The fraction of sp³-hybridized carbons (Fsp3) is 0.176. The molecule has 0 atom stereocenters. The van der Waals surface area contributed by atoms with Crippen LogP contribution >= 0.6 is 12.2 Å². The normalized spacial score (nSPS) is 11.6. The molecule has 4 nitrogen and oxygen atoms in total. The van der Waals surface area contributed by atoms with Gasteiger partial charge in [-0.1, -0.05) is 48.5 Å². The fourth-order valence-electron chi connectivity index (χ4n) is 2.53. The lowest BCUT2D eigenvalue weighted by atomic mass is 10.1. The van der Waals surface area contributed by atoms with E-state index in [1.165, 1.54) is 11.1 Å². The van der Waals surface area contributed by atoms with Crippen molar-refractivity contribution in [2.75, 3.05) is 20.3 Å². The van der Waals surface area contributed by atoms with Crippen molar-refractivity contribution in [1.82, 2.24) is 10.7 Å². The van der Waals surface area contributed by atoms with Crippen LogP contribution in [0.4, 0.5) is 0 Å². The number of methoxy groups -OCH3 is 1. The van der Waals surface area contributed by atoms with Crippen LogP contribution in [-0.4, -0.2) is 31.1 Å². The summed E-state index contributed by atoms with van der Waals surface area (Å²) in [7, 11) is 1.66. The van der Waals surface area contributed by atoms with Crippen molar-refractivity contribution in [3.63, 3.8) is 0 Å². The third-order valence-corrected chi connectivity index (χ3v) is 3.75. The van der Waals surface area contributed by atoms with Crippen LogP contribution < -0.4 is 10.7 Å². The third-order valence-electron chi connectivity index (χ3n) is 3.52. The molecule has 22 heavy (non-hydrogen) atoms. The molecule has 0 saturated carbocycles. The number of hydrazone groups is 1. The molecule has 1 aliphatic rings. The molecule has 0 saturated heterocycles. The SMILES string of the molecule is COCCNC(=S)NN=C1c2ccccc2-c2ccccc21. The number of hydrogen-bond acceptors (Lipinski definition) is 3. The third kappa shape index (κ3) is 2.86. The number of thiocarbonyl (C=S) groups is 1. The Kier molecular flexibility index (Phi) is 4.46. The Labute approximate surface area is 135 Å². The number of hydrogen-bond donors (Lipinski definition) is 2. The molecule has 0 bridgehead atoms. The highest BCUT2D eigenvalue weighted by Crippen LogP contribution is 2.36. The second-order valence-electron chi connectivity index (χ2n) is 4.91. The van der Waals surface area contributed by atoms with Crippen LogP contribution in [0.25, 0.3) is 11.1 Å². The lowest BCUT2D eigenvalue weighted by molar-refractivity contribution is 0.204. The summed E-state index contributed by atoms with van der Waals surface area (Å²) in [5.41, 5.74) is 8.49. The predicted octanol–water partition coefficient (Wildman–Crippen LogP) is 2.53. The van der Waals surface area contributed by atoms with Crippen LogP contribution in [-0.2, 0) is 4.74 Å². The fourth-order valence-corrected chi connectivity index (χ4v) is 2.68. The quantitative estimate of drug-likeness (QED) is 0.441. The van der Waals surface area contributed by atoms with E-state index in [4.69, 9.17) is 17.0 Å². The van der Waals surface area contributed by atoms with Gasteiger partial charge in [-0.2, -0.15) is 5.10 Å². The Morgan fingerprint density at radius 2 is 1.55 bits per heavy atom. The topological polar surface area (TPSA) is 45.6 Å². The Bertz CT molecular complexity index is 680. The molecule has 112 valence electrons. The van der Waals surface area contributed by atoms with Crippen molar-refractivity contribution in [2.45, 2.75) is 0 Å². The first-order chi connectivity index (χ1) is 10.8. The van der Waals surface area contributed by atoms with E-state index in [0.29, 0.717) is 18.3 Å². The van der Waals surface area contributed by atoms with Crippen LogP contribution in [0.1, 0.15) is 11.1 Å². The second-order valence-corrected chi connectivity index (χ2v) is 5.32. The number of nitrogens with one attached hydrogen (secondary N) is 2. The standard InChI is InChI=1S/C17H17N3OS/c1-21-11-10-18-17(22)20-19-16-14-8-4-2-6-12(14)13-7-3-5-9-15(13)16/h2-9H,10-11H2,1H3,(H2,18,20,22). The van der Waals surface area contributed by atoms with E-state index in [-0.39, 0.29) is 0 Å². The van der Waals surface area contributed by atoms with Crippen LogP contribution in [0.15, 0.2) is 53.6 Å². The minimum Gasteiger partial charge on any atom is -0.383 e. The maximum absolute atomic E-state index is 5.21. The van der Waals surface area contributed by atoms with Gasteiger partial charge in [-0.25, -0.2) is 0 Å². The van der Waals surface area contributed by atoms with Crippen molar-refractivity contribution < 1.29 is 4.74 Å². The van der Waals surface area contributed by atoms with Crippen LogP contribution in [0, 0.1) is 0 Å². The molecule has 2 N–H and O–H groups in total. The van der Waals surface area contributed by atoms with Crippen molar-refractivity contribution >= 4 is 23.0 Å². The number of nitrogens with zero attached hydrogens (tertiary/aromatic N) is 1. The van der Waals surface area contributed by atoms with Gasteiger partial charge >= 0.3 is 0 Å². The Balaban J connectivity index is 1.84. The molecular formula is C17H17N3OS. The van der Waals surface area contributed by atoms with Crippen LogP contribution in [0.3, 0.4) is 0 Å². The number of ether oxygens (including phenoxy) is 1. The van der Waals surface area contributed by atoms with E-state index < -0.39 is 0 Å². The monoisotopic (exact) mass is 311 g/mol. The number of benzene rings is 2. The van der Waals surface area contributed by atoms with Gasteiger partial charge in [-0.05, 0) is 23.3 Å². The summed E-state index contributed by atoms with van der Waals surface area (Å²) in [6.45, 7) is 1.25. The van der Waals surface area contributed by atoms with Crippen molar-refractivity contribution in [3.05, 3.63) is 59.7 Å². The number of fused-ring (bicyclic) bond motifs is 3. The van der Waals surface area contributed by atoms with E-state index >= 15 is 0 Å². The molecule has 0 heterocycles. The molecule has 0 unspecified atom stereocenters. The van der Waals surface area contributed by atoms with Crippen LogP contribution in [0.5, 0.6) is 0 Å². The summed E-state index contributed by atoms with van der Waals surface area (Å²) in [5.74, 6) is 0. The molecular weight excluding hydrogens is 294 g/mol. The van der Waals surface area contributed by atoms with E-state index in [1.807, 2.05) is 24.3 Å².